The summed E-state index contributed by atoms with van der Waals surface area (Å²) in [6.07, 6.45) is 5.78. The highest BCUT2D eigenvalue weighted by molar-refractivity contribution is 5.91. The molecule has 0 fully saturated rings. The predicted octanol–water partition coefficient (Wildman–Crippen LogP) is 7.03. The van der Waals surface area contributed by atoms with E-state index >= 15 is 0 Å². The summed E-state index contributed by atoms with van der Waals surface area (Å²) < 4.78 is 50.9. The van der Waals surface area contributed by atoms with Gasteiger partial charge in [-0.25, -0.2) is 18.0 Å². The number of hydrogen-bond donors (Lipinski definition) is 0. The Morgan fingerprint density at radius 2 is 1.55 bits per heavy atom. The first-order chi connectivity index (χ1) is 16.0. The lowest BCUT2D eigenvalue weighted by Crippen LogP contribution is -2.08. The van der Waals surface area contributed by atoms with Crippen molar-refractivity contribution in [3.8, 4) is 11.5 Å². The number of aliphatic imine (C=N–C) groups is 1. The average Bonchev–Trinajstić information content (AvgIpc) is 2.83. The summed E-state index contributed by atoms with van der Waals surface area (Å²) in [4.78, 5) is 16.2. The van der Waals surface area contributed by atoms with Crippen LogP contribution in [-0.2, 0) is 0 Å². The smallest absolute Gasteiger partial charge is 0.343 e. The Kier molecular flexibility index (Phi) is 8.63. The molecule has 4 nitrogen and oxygen atoms in total. The van der Waals surface area contributed by atoms with Crippen molar-refractivity contribution in [2.75, 3.05) is 6.61 Å². The molecule has 3 aromatic carbocycles. The minimum atomic E-state index is -1.57. The molecule has 0 aliphatic rings. The second-order valence-electron chi connectivity index (χ2n) is 7.34. The molecule has 0 radical (unpaired) electrons. The maximum Gasteiger partial charge on any atom is 0.343 e. The Balaban J connectivity index is 1.54. The van der Waals surface area contributed by atoms with Crippen LogP contribution in [0, 0.1) is 17.5 Å². The van der Waals surface area contributed by atoms with E-state index in [0.29, 0.717) is 29.2 Å². The summed E-state index contributed by atoms with van der Waals surface area (Å²) in [5, 5.41) is 0. The van der Waals surface area contributed by atoms with Crippen LogP contribution < -0.4 is 9.47 Å². The molecule has 0 atom stereocenters. The minimum absolute atomic E-state index is 0.312. The zero-order valence-corrected chi connectivity index (χ0v) is 18.2. The third-order valence-electron chi connectivity index (χ3n) is 4.81. The molecule has 0 aromatic heterocycles. The van der Waals surface area contributed by atoms with Crippen molar-refractivity contribution in [2.24, 2.45) is 4.99 Å². The van der Waals surface area contributed by atoms with Crippen LogP contribution in [0.3, 0.4) is 0 Å². The number of carbonyl (C=O) groups excluding carboxylic acids is 1. The molecule has 0 saturated carbocycles. The van der Waals surface area contributed by atoms with Gasteiger partial charge in [0.1, 0.15) is 17.2 Å². The Morgan fingerprint density at radius 3 is 2.24 bits per heavy atom. The highest BCUT2D eigenvalue weighted by atomic mass is 19.2. The number of hydrogen-bond acceptors (Lipinski definition) is 4. The first-order valence-corrected chi connectivity index (χ1v) is 10.7. The quantitative estimate of drug-likeness (QED) is 0.108. The van der Waals surface area contributed by atoms with Crippen LogP contribution in [0.15, 0.2) is 65.7 Å². The van der Waals surface area contributed by atoms with Gasteiger partial charge in [-0.3, -0.25) is 4.99 Å². The Morgan fingerprint density at radius 1 is 0.848 bits per heavy atom. The summed E-state index contributed by atoms with van der Waals surface area (Å²) in [7, 11) is 0. The molecule has 3 rings (SSSR count). The summed E-state index contributed by atoms with van der Waals surface area (Å²) in [5.41, 5.74) is 0.616. The van der Waals surface area contributed by atoms with Crippen molar-refractivity contribution < 1.29 is 27.4 Å². The number of benzene rings is 3. The van der Waals surface area contributed by atoms with Gasteiger partial charge in [0.15, 0.2) is 17.5 Å². The van der Waals surface area contributed by atoms with Gasteiger partial charge in [0.05, 0.1) is 12.2 Å². The number of carbonyl (C=O) groups is 1. The molecule has 7 heteroatoms. The van der Waals surface area contributed by atoms with Gasteiger partial charge in [0.25, 0.3) is 0 Å². The van der Waals surface area contributed by atoms with Gasteiger partial charge in [0.2, 0.25) is 0 Å². The van der Waals surface area contributed by atoms with Gasteiger partial charge in [-0.1, -0.05) is 26.2 Å². The minimum Gasteiger partial charge on any atom is -0.494 e. The SMILES string of the molecule is CCCCCCOc1ccc(C(=O)Oc2ccc(C=Nc3ccc(F)c(F)c3F)cc2)cc1. The molecule has 0 N–H and O–H groups in total. The molecule has 0 aliphatic carbocycles. The van der Waals surface area contributed by atoms with Crippen molar-refractivity contribution in [1.29, 1.82) is 0 Å². The molecular formula is C26H24F3NO3. The number of rotatable bonds is 10. The molecule has 3 aromatic rings. The van der Waals surface area contributed by atoms with Crippen LogP contribution >= 0.6 is 0 Å². The Hall–Kier alpha value is -3.61. The second kappa shape index (κ2) is 11.9. The lowest BCUT2D eigenvalue weighted by atomic mass is 10.2. The summed E-state index contributed by atoms with van der Waals surface area (Å²) in [5.74, 6) is -3.71. The number of nitrogens with zero attached hydrogens (tertiary/aromatic N) is 1. The van der Waals surface area contributed by atoms with Gasteiger partial charge >= 0.3 is 5.97 Å². The van der Waals surface area contributed by atoms with E-state index in [0.717, 1.165) is 25.0 Å². The molecule has 0 spiro atoms. The third-order valence-corrected chi connectivity index (χ3v) is 4.81. The van der Waals surface area contributed by atoms with Crippen molar-refractivity contribution >= 4 is 17.9 Å². The van der Waals surface area contributed by atoms with Crippen LogP contribution in [-0.4, -0.2) is 18.8 Å². The normalized spacial score (nSPS) is 11.0. The lowest BCUT2D eigenvalue weighted by molar-refractivity contribution is 0.0734. The fourth-order valence-electron chi connectivity index (χ4n) is 2.95. The maximum atomic E-state index is 13.7. The van der Waals surface area contributed by atoms with E-state index < -0.39 is 23.4 Å². The molecule has 33 heavy (non-hydrogen) atoms. The van der Waals surface area contributed by atoms with Gasteiger partial charge in [-0.15, -0.1) is 0 Å². The number of esters is 1. The lowest BCUT2D eigenvalue weighted by Gasteiger charge is -2.08. The van der Waals surface area contributed by atoms with E-state index in [2.05, 4.69) is 11.9 Å². The third kappa shape index (κ3) is 6.94. The van der Waals surface area contributed by atoms with Crippen molar-refractivity contribution in [3.63, 3.8) is 0 Å². The van der Waals surface area contributed by atoms with Crippen molar-refractivity contribution in [2.45, 2.75) is 32.6 Å². The van der Waals surface area contributed by atoms with E-state index in [9.17, 15) is 18.0 Å². The number of unbranched alkanes of at least 4 members (excludes halogenated alkanes) is 3. The molecule has 0 saturated heterocycles. The first kappa shape index (κ1) is 24.0. The van der Waals surface area contributed by atoms with Crippen LogP contribution in [0.25, 0.3) is 0 Å². The summed E-state index contributed by atoms with van der Waals surface area (Å²) >= 11 is 0. The highest BCUT2D eigenvalue weighted by Crippen LogP contribution is 2.22. The molecule has 0 amide bonds. The number of ether oxygens (including phenoxy) is 2. The van der Waals surface area contributed by atoms with E-state index in [1.54, 1.807) is 48.5 Å². The van der Waals surface area contributed by atoms with Crippen LogP contribution in [0.5, 0.6) is 11.5 Å². The largest absolute Gasteiger partial charge is 0.494 e. The van der Waals surface area contributed by atoms with Crippen LogP contribution in [0.2, 0.25) is 0 Å². The number of halogens is 3. The van der Waals surface area contributed by atoms with Gasteiger partial charge in [0, 0.05) is 6.21 Å². The molecule has 0 unspecified atom stereocenters. The molecule has 0 aliphatic heterocycles. The predicted molar refractivity (Wildman–Crippen MR) is 121 cm³/mol. The van der Waals surface area contributed by atoms with E-state index in [-0.39, 0.29) is 5.69 Å². The van der Waals surface area contributed by atoms with Crippen LogP contribution in [0.1, 0.15) is 48.5 Å². The Labute approximate surface area is 190 Å². The molecule has 0 bridgehead atoms. The fourth-order valence-corrected chi connectivity index (χ4v) is 2.95. The fraction of sp³-hybridized carbons (Fsp3) is 0.231. The first-order valence-electron chi connectivity index (χ1n) is 10.7. The monoisotopic (exact) mass is 455 g/mol. The van der Waals surface area contributed by atoms with Crippen molar-refractivity contribution in [3.05, 3.63) is 89.2 Å². The van der Waals surface area contributed by atoms with Crippen molar-refractivity contribution in [1.82, 2.24) is 0 Å². The highest BCUT2D eigenvalue weighted by Gasteiger charge is 2.12. The van der Waals surface area contributed by atoms with E-state index in [4.69, 9.17) is 9.47 Å². The van der Waals surface area contributed by atoms with E-state index in [1.165, 1.54) is 19.1 Å². The zero-order valence-electron chi connectivity index (χ0n) is 18.2. The Bertz CT molecular complexity index is 1100. The summed E-state index contributed by atoms with van der Waals surface area (Å²) in [6, 6.07) is 14.9. The zero-order chi connectivity index (χ0) is 23.6. The van der Waals surface area contributed by atoms with Gasteiger partial charge in [-0.05, 0) is 72.6 Å². The molecule has 0 heterocycles. The summed E-state index contributed by atoms with van der Waals surface area (Å²) in [6.45, 7) is 2.80. The molecule has 172 valence electrons. The van der Waals surface area contributed by atoms with Gasteiger partial charge in [-0.2, -0.15) is 0 Å². The van der Waals surface area contributed by atoms with E-state index in [1.807, 2.05) is 0 Å². The topological polar surface area (TPSA) is 47.9 Å². The average molecular weight is 455 g/mol. The van der Waals surface area contributed by atoms with Gasteiger partial charge < -0.3 is 9.47 Å². The standard InChI is InChI=1S/C26H24F3NO3/c1-2-3-4-5-16-32-20-12-8-19(9-13-20)26(31)33-21-10-6-18(7-11-21)17-30-23-15-14-22(27)24(28)25(23)29/h6-15,17H,2-5,16H2,1H3. The molecular weight excluding hydrogens is 431 g/mol. The van der Waals surface area contributed by atoms with Crippen LogP contribution in [0.4, 0.5) is 18.9 Å². The maximum absolute atomic E-state index is 13.7. The second-order valence-corrected chi connectivity index (χ2v) is 7.34.